The summed E-state index contributed by atoms with van der Waals surface area (Å²) in [6.45, 7) is 7.57. The van der Waals surface area contributed by atoms with Crippen molar-refractivity contribution in [3.8, 4) is 11.6 Å². The van der Waals surface area contributed by atoms with Gasteiger partial charge in [0.1, 0.15) is 17.6 Å². The molecule has 1 aliphatic heterocycles. The summed E-state index contributed by atoms with van der Waals surface area (Å²) >= 11 is 0. The van der Waals surface area contributed by atoms with Crippen molar-refractivity contribution in [2.75, 3.05) is 31.6 Å². The molecule has 0 aliphatic carbocycles. The van der Waals surface area contributed by atoms with Crippen molar-refractivity contribution < 1.29 is 14.3 Å². The van der Waals surface area contributed by atoms with E-state index in [0.717, 1.165) is 48.2 Å². The molecule has 2 N–H and O–H groups in total. The van der Waals surface area contributed by atoms with Gasteiger partial charge in [0.2, 0.25) is 5.88 Å². The minimum atomic E-state index is -0.471. The Hall–Kier alpha value is -3.59. The second-order valence-corrected chi connectivity index (χ2v) is 8.85. The number of ether oxygens (including phenoxy) is 2. The van der Waals surface area contributed by atoms with Gasteiger partial charge in [0.05, 0.1) is 18.5 Å². The fraction of sp³-hybridized carbons (Fsp3) is 0.400. The average molecular weight is 463 g/mol. The molecule has 34 heavy (non-hydrogen) atoms. The summed E-state index contributed by atoms with van der Waals surface area (Å²) in [6, 6.07) is 7.92. The number of carbonyl (C=O) groups is 1. The number of aromatic nitrogens is 4. The molecule has 5 rings (SSSR count). The van der Waals surface area contributed by atoms with E-state index < -0.39 is 6.09 Å². The van der Waals surface area contributed by atoms with Crippen LogP contribution in [0, 0.1) is 13.8 Å². The molecule has 1 saturated heterocycles. The molecule has 1 fully saturated rings. The topological polar surface area (TPSA) is 96.8 Å². The number of hydrogen-bond donors (Lipinski definition) is 2. The van der Waals surface area contributed by atoms with Crippen LogP contribution in [0.15, 0.2) is 36.8 Å². The number of benzene rings is 1. The van der Waals surface area contributed by atoms with Gasteiger partial charge in [-0.2, -0.15) is 10.1 Å². The standard InChI is InChI=1S/C25H30N6O3/c1-17-13-19-14-20(7-8-21(19)28-17)34-24-23-18(2)22(15-31(23)27-16-26-24)29-25(32)33-12-6-11-30-9-4-3-5-10-30/h7-8,13-16,28H,3-6,9-12H2,1-2H3,(H,29,32). The number of nitrogens with zero attached hydrogens (tertiary/aromatic N) is 4. The highest BCUT2D eigenvalue weighted by Gasteiger charge is 2.17. The number of fused-ring (bicyclic) bond motifs is 2. The van der Waals surface area contributed by atoms with Crippen LogP contribution < -0.4 is 10.1 Å². The second kappa shape index (κ2) is 9.72. The molecule has 3 aromatic heterocycles. The van der Waals surface area contributed by atoms with E-state index in [0.29, 0.717) is 29.4 Å². The largest absolute Gasteiger partial charge is 0.449 e. The van der Waals surface area contributed by atoms with Crippen LogP contribution in [0.2, 0.25) is 0 Å². The van der Waals surface area contributed by atoms with Gasteiger partial charge in [-0.3, -0.25) is 5.32 Å². The van der Waals surface area contributed by atoms with Gasteiger partial charge in [-0.15, -0.1) is 0 Å². The Kier molecular flexibility index (Phi) is 6.35. The number of rotatable bonds is 7. The van der Waals surface area contributed by atoms with E-state index in [9.17, 15) is 4.79 Å². The van der Waals surface area contributed by atoms with Crippen molar-refractivity contribution in [1.82, 2.24) is 24.5 Å². The van der Waals surface area contributed by atoms with Gasteiger partial charge in [-0.1, -0.05) is 6.42 Å². The zero-order chi connectivity index (χ0) is 23.5. The van der Waals surface area contributed by atoms with E-state index in [1.807, 2.05) is 32.0 Å². The summed E-state index contributed by atoms with van der Waals surface area (Å²) in [5.74, 6) is 1.09. The fourth-order valence-corrected chi connectivity index (χ4v) is 4.54. The van der Waals surface area contributed by atoms with Gasteiger partial charge in [0.25, 0.3) is 0 Å². The Labute approximate surface area is 198 Å². The smallest absolute Gasteiger partial charge is 0.411 e. The first kappa shape index (κ1) is 22.2. The number of nitrogens with one attached hydrogen (secondary N) is 2. The van der Waals surface area contributed by atoms with Crippen molar-refractivity contribution in [3.63, 3.8) is 0 Å². The molecule has 9 nitrogen and oxygen atoms in total. The molecule has 0 bridgehead atoms. The van der Waals surface area contributed by atoms with Gasteiger partial charge < -0.3 is 19.4 Å². The van der Waals surface area contributed by atoms with Gasteiger partial charge in [0, 0.05) is 28.7 Å². The maximum atomic E-state index is 12.4. The molecule has 4 heterocycles. The number of H-pyrrole nitrogens is 1. The van der Waals surface area contributed by atoms with E-state index in [1.54, 1.807) is 10.7 Å². The van der Waals surface area contributed by atoms with Gasteiger partial charge in [0.15, 0.2) is 0 Å². The van der Waals surface area contributed by atoms with Crippen molar-refractivity contribution in [3.05, 3.63) is 48.0 Å². The molecule has 1 aliphatic rings. The SMILES string of the molecule is Cc1cc2cc(Oc3ncnn4cc(NC(=O)OCCCN5CCCCC5)c(C)c34)ccc2[nH]1. The number of hydrogen-bond acceptors (Lipinski definition) is 6. The Morgan fingerprint density at radius 2 is 2.03 bits per heavy atom. The second-order valence-electron chi connectivity index (χ2n) is 8.85. The molecule has 0 atom stereocenters. The monoisotopic (exact) mass is 462 g/mol. The van der Waals surface area contributed by atoms with E-state index in [2.05, 4.69) is 31.3 Å². The number of anilines is 1. The number of aryl methyl sites for hydroxylation is 2. The molecule has 0 spiro atoms. The molecule has 0 saturated carbocycles. The van der Waals surface area contributed by atoms with E-state index >= 15 is 0 Å². The van der Waals surface area contributed by atoms with Crippen molar-refractivity contribution in [1.29, 1.82) is 0 Å². The highest BCUT2D eigenvalue weighted by molar-refractivity contribution is 5.88. The zero-order valence-corrected chi connectivity index (χ0v) is 19.6. The molecular weight excluding hydrogens is 432 g/mol. The zero-order valence-electron chi connectivity index (χ0n) is 19.6. The Bertz CT molecular complexity index is 1300. The van der Waals surface area contributed by atoms with Gasteiger partial charge in [-0.05, 0) is 70.5 Å². The van der Waals surface area contributed by atoms with Crippen molar-refractivity contribution in [2.24, 2.45) is 0 Å². The maximum absolute atomic E-state index is 12.4. The minimum Gasteiger partial charge on any atom is -0.449 e. The predicted molar refractivity (Wildman–Crippen MR) is 131 cm³/mol. The van der Waals surface area contributed by atoms with Crippen molar-refractivity contribution in [2.45, 2.75) is 39.5 Å². The third kappa shape index (κ3) is 4.84. The molecule has 0 unspecified atom stereocenters. The van der Waals surface area contributed by atoms with E-state index in [4.69, 9.17) is 9.47 Å². The van der Waals surface area contributed by atoms with Crippen molar-refractivity contribution >= 4 is 28.2 Å². The third-order valence-electron chi connectivity index (χ3n) is 6.27. The lowest BCUT2D eigenvalue weighted by atomic mass is 10.1. The lowest BCUT2D eigenvalue weighted by molar-refractivity contribution is 0.148. The first-order valence-corrected chi connectivity index (χ1v) is 11.8. The van der Waals surface area contributed by atoms with Crippen LogP contribution in [0.25, 0.3) is 16.4 Å². The molecule has 4 aromatic rings. The van der Waals surface area contributed by atoms with Gasteiger partial charge in [-0.25, -0.2) is 9.31 Å². The number of carbonyl (C=O) groups excluding carboxylic acids is 1. The fourth-order valence-electron chi connectivity index (χ4n) is 4.54. The molecule has 9 heteroatoms. The quantitative estimate of drug-likeness (QED) is 0.373. The Morgan fingerprint density at radius 3 is 2.88 bits per heavy atom. The van der Waals surface area contributed by atoms with Crippen LogP contribution in [0.3, 0.4) is 0 Å². The molecule has 1 aromatic carbocycles. The van der Waals surface area contributed by atoms with Crippen LogP contribution in [0.5, 0.6) is 11.6 Å². The summed E-state index contributed by atoms with van der Waals surface area (Å²) in [5, 5.41) is 8.18. The third-order valence-corrected chi connectivity index (χ3v) is 6.27. The van der Waals surface area contributed by atoms with Crippen LogP contribution in [-0.2, 0) is 4.74 Å². The van der Waals surface area contributed by atoms with E-state index in [1.165, 1.54) is 25.6 Å². The summed E-state index contributed by atoms with van der Waals surface area (Å²) < 4.78 is 13.2. The highest BCUT2D eigenvalue weighted by atomic mass is 16.5. The normalized spacial score (nSPS) is 14.5. The molecular formula is C25H30N6O3. The number of likely N-dealkylation sites (tertiary alicyclic amines) is 1. The lowest BCUT2D eigenvalue weighted by Crippen LogP contribution is -2.31. The average Bonchev–Trinajstić information content (AvgIpc) is 3.36. The van der Waals surface area contributed by atoms with Crippen LogP contribution >= 0.6 is 0 Å². The Balaban J connectivity index is 1.24. The molecule has 178 valence electrons. The highest BCUT2D eigenvalue weighted by Crippen LogP contribution is 2.32. The van der Waals surface area contributed by atoms with Crippen LogP contribution in [0.4, 0.5) is 10.5 Å². The summed E-state index contributed by atoms with van der Waals surface area (Å²) in [4.78, 5) is 22.4. The Morgan fingerprint density at radius 1 is 1.18 bits per heavy atom. The molecule has 0 radical (unpaired) electrons. The lowest BCUT2D eigenvalue weighted by Gasteiger charge is -2.26. The summed E-state index contributed by atoms with van der Waals surface area (Å²) in [7, 11) is 0. The number of amides is 1. The number of aromatic amines is 1. The van der Waals surface area contributed by atoms with E-state index in [-0.39, 0.29) is 0 Å². The maximum Gasteiger partial charge on any atom is 0.411 e. The van der Waals surface area contributed by atoms with Crippen LogP contribution in [0.1, 0.15) is 36.9 Å². The number of piperidine rings is 1. The summed E-state index contributed by atoms with van der Waals surface area (Å²) in [5.41, 5.74) is 4.25. The minimum absolute atomic E-state index is 0.393. The molecule has 1 amide bonds. The van der Waals surface area contributed by atoms with Crippen LogP contribution in [-0.4, -0.2) is 56.8 Å². The predicted octanol–water partition coefficient (Wildman–Crippen LogP) is 5.04. The van der Waals surface area contributed by atoms with Gasteiger partial charge >= 0.3 is 6.09 Å². The summed E-state index contributed by atoms with van der Waals surface area (Å²) in [6.07, 6.45) is 7.38. The first-order chi connectivity index (χ1) is 16.6. The first-order valence-electron chi connectivity index (χ1n) is 11.8.